The molecule has 2 aromatic heterocycles. The summed E-state index contributed by atoms with van der Waals surface area (Å²) in [5, 5.41) is 4.05. The van der Waals surface area contributed by atoms with Crippen molar-refractivity contribution in [1.82, 2.24) is 4.98 Å². The fraction of sp³-hybridized carbons (Fsp3) is 0.111. The molecule has 0 radical (unpaired) electrons. The number of halogens is 1. The fourth-order valence-electron chi connectivity index (χ4n) is 3.79. The van der Waals surface area contributed by atoms with E-state index in [2.05, 4.69) is 4.98 Å². The molecule has 0 aliphatic heterocycles. The molecule has 0 bridgehead atoms. The summed E-state index contributed by atoms with van der Waals surface area (Å²) in [6.07, 6.45) is 0. The third-order valence-corrected chi connectivity index (χ3v) is 6.25. The van der Waals surface area contributed by atoms with E-state index in [1.807, 2.05) is 35.0 Å². The highest BCUT2D eigenvalue weighted by Crippen LogP contribution is 2.31. The summed E-state index contributed by atoms with van der Waals surface area (Å²) in [7, 11) is 3.10. The first-order valence-electron chi connectivity index (χ1n) is 10.8. The Labute approximate surface area is 205 Å². The first-order valence-corrected chi connectivity index (χ1v) is 11.7. The third kappa shape index (κ3) is 4.61. The van der Waals surface area contributed by atoms with Gasteiger partial charge in [-0.05, 0) is 69.9 Å². The molecule has 8 heteroatoms. The van der Waals surface area contributed by atoms with Crippen LogP contribution >= 0.6 is 11.3 Å². The Morgan fingerprint density at radius 3 is 2.46 bits per heavy atom. The SMILES string of the molecule is COc1cc(CN(C(=O)c2ccccc2F)c2nc3cc(-c4ccsc4)ccc3o2)cc(OC)c1. The molecule has 0 fully saturated rings. The fourth-order valence-corrected chi connectivity index (χ4v) is 4.45. The number of carbonyl (C=O) groups is 1. The van der Waals surface area contributed by atoms with Crippen LogP contribution in [0.5, 0.6) is 11.5 Å². The molecule has 2 heterocycles. The molecule has 0 aliphatic rings. The van der Waals surface area contributed by atoms with Gasteiger partial charge in [-0.25, -0.2) is 4.39 Å². The minimum absolute atomic E-state index is 0.0605. The van der Waals surface area contributed by atoms with Gasteiger partial charge in [-0.3, -0.25) is 9.69 Å². The summed E-state index contributed by atoms with van der Waals surface area (Å²) in [6.45, 7) is 0.0605. The smallest absolute Gasteiger partial charge is 0.305 e. The summed E-state index contributed by atoms with van der Waals surface area (Å²) in [4.78, 5) is 19.4. The van der Waals surface area contributed by atoms with Gasteiger partial charge in [0.25, 0.3) is 5.91 Å². The highest BCUT2D eigenvalue weighted by atomic mass is 32.1. The molecule has 5 rings (SSSR count). The van der Waals surface area contributed by atoms with Crippen molar-refractivity contribution in [3.8, 4) is 22.6 Å². The van der Waals surface area contributed by atoms with Gasteiger partial charge in [-0.1, -0.05) is 18.2 Å². The minimum Gasteiger partial charge on any atom is -0.497 e. The summed E-state index contributed by atoms with van der Waals surface area (Å²) in [5.74, 6) is -0.0673. The van der Waals surface area contributed by atoms with Crippen LogP contribution in [0.1, 0.15) is 15.9 Å². The van der Waals surface area contributed by atoms with Gasteiger partial charge in [0.15, 0.2) is 5.58 Å². The Bertz CT molecular complexity index is 1470. The zero-order valence-electron chi connectivity index (χ0n) is 19.0. The van der Waals surface area contributed by atoms with Crippen LogP contribution in [0, 0.1) is 5.82 Å². The quantitative estimate of drug-likeness (QED) is 0.260. The lowest BCUT2D eigenvalue weighted by Gasteiger charge is -2.20. The summed E-state index contributed by atoms with van der Waals surface area (Å²) < 4.78 is 31.3. The van der Waals surface area contributed by atoms with Crippen molar-refractivity contribution < 1.29 is 23.1 Å². The molecule has 0 saturated carbocycles. The number of fused-ring (bicyclic) bond motifs is 1. The Morgan fingerprint density at radius 1 is 1.00 bits per heavy atom. The normalized spacial score (nSPS) is 10.9. The van der Waals surface area contributed by atoms with Gasteiger partial charge in [0.2, 0.25) is 0 Å². The first kappa shape index (κ1) is 22.6. The average molecular weight is 489 g/mol. The number of amides is 1. The zero-order valence-corrected chi connectivity index (χ0v) is 19.8. The van der Waals surface area contributed by atoms with Crippen LogP contribution in [0.15, 0.2) is 81.9 Å². The Balaban J connectivity index is 1.59. The number of hydrogen-bond acceptors (Lipinski definition) is 6. The lowest BCUT2D eigenvalue weighted by Crippen LogP contribution is -2.31. The molecule has 6 nitrogen and oxygen atoms in total. The van der Waals surface area contributed by atoms with E-state index in [1.54, 1.807) is 49.8 Å². The number of benzene rings is 3. The molecule has 5 aromatic rings. The molecular weight excluding hydrogens is 467 g/mol. The van der Waals surface area contributed by atoms with Crippen LogP contribution in [0.3, 0.4) is 0 Å². The molecule has 35 heavy (non-hydrogen) atoms. The minimum atomic E-state index is -0.624. The second-order valence-electron chi connectivity index (χ2n) is 7.78. The summed E-state index contributed by atoms with van der Waals surface area (Å²) in [5.41, 5.74) is 3.80. The maximum Gasteiger partial charge on any atom is 0.305 e. The zero-order chi connectivity index (χ0) is 24.4. The van der Waals surface area contributed by atoms with Crippen LogP contribution in [0.25, 0.3) is 22.2 Å². The van der Waals surface area contributed by atoms with E-state index in [0.717, 1.165) is 11.1 Å². The van der Waals surface area contributed by atoms with Crippen molar-refractivity contribution >= 4 is 34.4 Å². The van der Waals surface area contributed by atoms with E-state index < -0.39 is 11.7 Å². The summed E-state index contributed by atoms with van der Waals surface area (Å²) in [6, 6.07) is 18.9. The molecular formula is C27H21FN2O4S. The van der Waals surface area contributed by atoms with E-state index in [9.17, 15) is 9.18 Å². The van der Waals surface area contributed by atoms with Gasteiger partial charge < -0.3 is 13.9 Å². The number of thiophene rings is 1. The van der Waals surface area contributed by atoms with Gasteiger partial charge in [-0.15, -0.1) is 0 Å². The van der Waals surface area contributed by atoms with Crippen molar-refractivity contribution in [2.45, 2.75) is 6.54 Å². The largest absolute Gasteiger partial charge is 0.497 e. The van der Waals surface area contributed by atoms with E-state index in [4.69, 9.17) is 13.9 Å². The maximum absolute atomic E-state index is 14.6. The van der Waals surface area contributed by atoms with Gasteiger partial charge in [-0.2, -0.15) is 16.3 Å². The lowest BCUT2D eigenvalue weighted by molar-refractivity contribution is 0.0976. The molecule has 0 unspecified atom stereocenters. The maximum atomic E-state index is 14.6. The number of ether oxygens (including phenoxy) is 2. The number of rotatable bonds is 7. The number of hydrogen-bond donors (Lipinski definition) is 0. The lowest BCUT2D eigenvalue weighted by atomic mass is 10.1. The highest BCUT2D eigenvalue weighted by molar-refractivity contribution is 7.08. The number of anilines is 1. The Kier molecular flexibility index (Phi) is 6.20. The topological polar surface area (TPSA) is 64.8 Å². The van der Waals surface area contributed by atoms with Gasteiger partial charge >= 0.3 is 6.01 Å². The van der Waals surface area contributed by atoms with E-state index in [-0.39, 0.29) is 18.1 Å². The molecule has 3 aromatic carbocycles. The molecule has 1 amide bonds. The van der Waals surface area contributed by atoms with Gasteiger partial charge in [0, 0.05) is 6.07 Å². The molecule has 0 N–H and O–H groups in total. The number of oxazole rings is 1. The van der Waals surface area contributed by atoms with Crippen molar-refractivity contribution in [1.29, 1.82) is 0 Å². The average Bonchev–Trinajstić information content (AvgIpc) is 3.56. The van der Waals surface area contributed by atoms with Crippen LogP contribution in [-0.2, 0) is 6.54 Å². The Morgan fingerprint density at radius 2 is 1.77 bits per heavy atom. The van der Waals surface area contributed by atoms with E-state index in [1.165, 1.54) is 23.1 Å². The molecule has 0 atom stereocenters. The number of aromatic nitrogens is 1. The second-order valence-corrected chi connectivity index (χ2v) is 8.56. The highest BCUT2D eigenvalue weighted by Gasteiger charge is 2.26. The monoisotopic (exact) mass is 488 g/mol. The number of methoxy groups -OCH3 is 2. The van der Waals surface area contributed by atoms with Crippen molar-refractivity contribution in [3.63, 3.8) is 0 Å². The van der Waals surface area contributed by atoms with Crippen LogP contribution < -0.4 is 14.4 Å². The van der Waals surface area contributed by atoms with Crippen molar-refractivity contribution in [2.75, 3.05) is 19.1 Å². The molecule has 0 aliphatic carbocycles. The first-order chi connectivity index (χ1) is 17.1. The van der Waals surface area contributed by atoms with Crippen molar-refractivity contribution in [2.24, 2.45) is 0 Å². The van der Waals surface area contributed by atoms with Gasteiger partial charge in [0.1, 0.15) is 22.8 Å². The molecule has 0 saturated heterocycles. The van der Waals surface area contributed by atoms with Gasteiger partial charge in [0.05, 0.1) is 26.3 Å². The van der Waals surface area contributed by atoms with Crippen LogP contribution in [0.2, 0.25) is 0 Å². The standard InChI is InChI=1S/C27H21FN2O4S/c1-32-20-11-17(12-21(14-20)33-2)15-30(26(31)22-5-3-4-6-23(22)28)27-29-24-13-18(7-8-25(24)34-27)19-9-10-35-16-19/h3-14,16H,15H2,1-2H3. The number of carbonyl (C=O) groups excluding carboxylic acids is 1. The van der Waals surface area contributed by atoms with E-state index in [0.29, 0.717) is 28.2 Å². The van der Waals surface area contributed by atoms with Crippen LogP contribution in [-0.4, -0.2) is 25.1 Å². The predicted octanol–water partition coefficient (Wildman–Crippen LogP) is 6.56. The van der Waals surface area contributed by atoms with E-state index >= 15 is 0 Å². The molecule has 176 valence electrons. The predicted molar refractivity (Wildman–Crippen MR) is 134 cm³/mol. The molecule has 0 spiro atoms. The third-order valence-electron chi connectivity index (χ3n) is 5.56. The van der Waals surface area contributed by atoms with Crippen LogP contribution in [0.4, 0.5) is 10.4 Å². The second kappa shape index (κ2) is 9.60. The van der Waals surface area contributed by atoms with Crippen molar-refractivity contribution in [3.05, 3.63) is 94.4 Å². The summed E-state index contributed by atoms with van der Waals surface area (Å²) >= 11 is 1.61. The number of nitrogens with zero attached hydrogens (tertiary/aromatic N) is 2. The Hall–Kier alpha value is -4.17.